The summed E-state index contributed by atoms with van der Waals surface area (Å²) in [6.07, 6.45) is 3.07. The fraction of sp³-hybridized carbons (Fsp3) is 0.0526. The molecular weight excluding hydrogens is 318 g/mol. The lowest BCUT2D eigenvalue weighted by atomic mass is 9.75. The third kappa shape index (κ3) is 2.02. The molecule has 0 radical (unpaired) electrons. The molecule has 6 nitrogen and oxygen atoms in total. The number of azide groups is 1. The van der Waals surface area contributed by atoms with Crippen LogP contribution in [0.3, 0.4) is 0 Å². The predicted molar refractivity (Wildman–Crippen MR) is 90.8 cm³/mol. The van der Waals surface area contributed by atoms with E-state index in [9.17, 15) is 9.59 Å². The number of ketones is 1. The quantitative estimate of drug-likeness (QED) is 0.363. The second kappa shape index (κ2) is 5.47. The van der Waals surface area contributed by atoms with Gasteiger partial charge in [-0.25, -0.2) is 4.79 Å². The number of nitrogens with zero attached hydrogens (tertiary/aromatic N) is 3. The summed E-state index contributed by atoms with van der Waals surface area (Å²) in [6.45, 7) is 0. The Kier molecular flexibility index (Phi) is 3.27. The normalized spacial score (nSPS) is 21.1. The van der Waals surface area contributed by atoms with E-state index in [4.69, 9.17) is 10.3 Å². The summed E-state index contributed by atoms with van der Waals surface area (Å²) in [5, 5.41) is 3.53. The molecule has 0 bridgehead atoms. The second-order valence-corrected chi connectivity index (χ2v) is 5.63. The molecule has 1 unspecified atom stereocenters. The highest BCUT2D eigenvalue weighted by Gasteiger charge is 2.55. The first kappa shape index (κ1) is 14.9. The minimum atomic E-state index is -1.63. The smallest absolute Gasteiger partial charge is 0.342 e. The van der Waals surface area contributed by atoms with Crippen LogP contribution in [-0.2, 0) is 19.9 Å². The van der Waals surface area contributed by atoms with Gasteiger partial charge in [-0.15, -0.1) is 0 Å². The number of esters is 1. The summed E-state index contributed by atoms with van der Waals surface area (Å²) in [5.41, 5.74) is 9.25. The Balaban J connectivity index is 2.11. The Labute approximate surface area is 142 Å². The van der Waals surface area contributed by atoms with Gasteiger partial charge in [0.05, 0.1) is 0 Å². The van der Waals surface area contributed by atoms with Crippen molar-refractivity contribution in [2.24, 2.45) is 5.11 Å². The molecule has 2 aromatic carbocycles. The Morgan fingerprint density at radius 1 is 0.960 bits per heavy atom. The van der Waals surface area contributed by atoms with Crippen LogP contribution >= 0.6 is 0 Å². The third-order valence-corrected chi connectivity index (χ3v) is 4.34. The van der Waals surface area contributed by atoms with Crippen molar-refractivity contribution in [2.75, 3.05) is 0 Å². The number of rotatable bonds is 2. The molecule has 0 aromatic heterocycles. The van der Waals surface area contributed by atoms with Crippen LogP contribution < -0.4 is 0 Å². The summed E-state index contributed by atoms with van der Waals surface area (Å²) in [5.74, 6) is -1.20. The van der Waals surface area contributed by atoms with Gasteiger partial charge in [0.25, 0.3) is 0 Å². The molecule has 1 atom stereocenters. The van der Waals surface area contributed by atoms with E-state index in [1.807, 2.05) is 18.2 Å². The van der Waals surface area contributed by atoms with E-state index >= 15 is 0 Å². The van der Waals surface area contributed by atoms with E-state index in [0.717, 1.165) is 5.56 Å². The molecular formula is C19H11N3O3. The summed E-state index contributed by atoms with van der Waals surface area (Å²) < 4.78 is 5.58. The maximum atomic E-state index is 12.9. The molecule has 0 N–H and O–H groups in total. The SMILES string of the molecule is [N-]=[N+]=NC1=C(c2ccccc2)C2(OC1=O)C(=O)C=Cc1ccccc12. The molecule has 1 aliphatic heterocycles. The van der Waals surface area contributed by atoms with E-state index in [1.54, 1.807) is 42.5 Å². The van der Waals surface area contributed by atoms with Crippen molar-refractivity contribution >= 4 is 23.4 Å². The molecule has 25 heavy (non-hydrogen) atoms. The van der Waals surface area contributed by atoms with Crippen molar-refractivity contribution in [3.05, 3.63) is 93.5 Å². The van der Waals surface area contributed by atoms with Crippen LogP contribution in [0.25, 0.3) is 22.1 Å². The third-order valence-electron chi connectivity index (χ3n) is 4.34. The monoisotopic (exact) mass is 329 g/mol. The van der Waals surface area contributed by atoms with Crippen molar-refractivity contribution in [2.45, 2.75) is 5.60 Å². The first-order valence-corrected chi connectivity index (χ1v) is 7.59. The van der Waals surface area contributed by atoms with Gasteiger partial charge in [-0.05, 0) is 22.7 Å². The van der Waals surface area contributed by atoms with Crippen LogP contribution in [0.5, 0.6) is 0 Å². The zero-order valence-corrected chi connectivity index (χ0v) is 12.9. The molecule has 0 saturated heterocycles. The lowest BCUT2D eigenvalue weighted by Gasteiger charge is -2.32. The molecule has 4 rings (SSSR count). The number of fused-ring (bicyclic) bond motifs is 2. The summed E-state index contributed by atoms with van der Waals surface area (Å²) in [6, 6.07) is 16.1. The van der Waals surface area contributed by atoms with E-state index < -0.39 is 11.6 Å². The minimum Gasteiger partial charge on any atom is -0.437 e. The van der Waals surface area contributed by atoms with E-state index in [2.05, 4.69) is 10.0 Å². The van der Waals surface area contributed by atoms with Crippen LogP contribution in [0.1, 0.15) is 16.7 Å². The molecule has 2 aliphatic rings. The molecule has 1 aliphatic carbocycles. The van der Waals surface area contributed by atoms with E-state index in [-0.39, 0.29) is 17.1 Å². The lowest BCUT2D eigenvalue weighted by molar-refractivity contribution is -0.153. The summed E-state index contributed by atoms with van der Waals surface area (Å²) in [4.78, 5) is 28.1. The van der Waals surface area contributed by atoms with Gasteiger partial charge in [0.2, 0.25) is 11.4 Å². The Morgan fingerprint density at radius 3 is 2.44 bits per heavy atom. The molecule has 0 amide bonds. The average Bonchev–Trinajstić information content (AvgIpc) is 2.93. The van der Waals surface area contributed by atoms with Gasteiger partial charge < -0.3 is 4.74 Å². The van der Waals surface area contributed by atoms with Gasteiger partial charge in [0.15, 0.2) is 0 Å². The van der Waals surface area contributed by atoms with Crippen molar-refractivity contribution in [3.63, 3.8) is 0 Å². The van der Waals surface area contributed by atoms with Crippen molar-refractivity contribution in [1.29, 1.82) is 0 Å². The first-order chi connectivity index (χ1) is 12.2. The predicted octanol–water partition coefficient (Wildman–Crippen LogP) is 3.76. The number of benzene rings is 2. The Morgan fingerprint density at radius 2 is 1.68 bits per heavy atom. The molecule has 120 valence electrons. The molecule has 1 heterocycles. The average molecular weight is 329 g/mol. The van der Waals surface area contributed by atoms with Crippen LogP contribution in [-0.4, -0.2) is 11.8 Å². The van der Waals surface area contributed by atoms with Gasteiger partial charge in [0.1, 0.15) is 5.70 Å². The largest absolute Gasteiger partial charge is 0.437 e. The van der Waals surface area contributed by atoms with Crippen molar-refractivity contribution < 1.29 is 14.3 Å². The fourth-order valence-electron chi connectivity index (χ4n) is 3.33. The van der Waals surface area contributed by atoms with Crippen LogP contribution in [0.4, 0.5) is 0 Å². The number of carbonyl (C=O) groups is 2. The van der Waals surface area contributed by atoms with Crippen molar-refractivity contribution in [3.8, 4) is 0 Å². The molecule has 6 heteroatoms. The molecule has 0 fully saturated rings. The molecule has 1 spiro atoms. The standard InChI is InChI=1S/C19H11N3O3/c20-22-21-17-16(13-7-2-1-3-8-13)19(25-18(17)24)14-9-5-4-6-12(14)10-11-15(19)23/h1-11H. The van der Waals surface area contributed by atoms with Gasteiger partial charge in [-0.1, -0.05) is 65.8 Å². The van der Waals surface area contributed by atoms with E-state index in [1.165, 1.54) is 6.08 Å². The van der Waals surface area contributed by atoms with Gasteiger partial charge in [-0.2, -0.15) is 0 Å². The first-order valence-electron chi connectivity index (χ1n) is 7.59. The highest BCUT2D eigenvalue weighted by Crippen LogP contribution is 2.50. The van der Waals surface area contributed by atoms with Crippen LogP contribution in [0.15, 0.2) is 71.5 Å². The highest BCUT2D eigenvalue weighted by atomic mass is 16.6. The van der Waals surface area contributed by atoms with Gasteiger partial charge in [0, 0.05) is 16.0 Å². The Bertz CT molecular complexity index is 1020. The number of hydrogen-bond donors (Lipinski definition) is 0. The molecule has 2 aromatic rings. The Hall–Kier alpha value is -3.63. The second-order valence-electron chi connectivity index (χ2n) is 5.63. The van der Waals surface area contributed by atoms with Gasteiger partial charge in [-0.3, -0.25) is 4.79 Å². The summed E-state index contributed by atoms with van der Waals surface area (Å²) >= 11 is 0. The lowest BCUT2D eigenvalue weighted by Crippen LogP contribution is -2.39. The fourth-order valence-corrected chi connectivity index (χ4v) is 3.33. The minimum absolute atomic E-state index is 0.188. The highest BCUT2D eigenvalue weighted by molar-refractivity contribution is 6.19. The van der Waals surface area contributed by atoms with Gasteiger partial charge >= 0.3 is 5.97 Å². The zero-order valence-electron chi connectivity index (χ0n) is 12.9. The zero-order chi connectivity index (χ0) is 17.4. The van der Waals surface area contributed by atoms with Crippen LogP contribution in [0.2, 0.25) is 0 Å². The number of ether oxygens (including phenoxy) is 1. The maximum absolute atomic E-state index is 12.9. The van der Waals surface area contributed by atoms with Crippen LogP contribution in [0, 0.1) is 0 Å². The number of carbonyl (C=O) groups excluding carboxylic acids is 2. The summed E-state index contributed by atoms with van der Waals surface area (Å²) in [7, 11) is 0. The number of hydrogen-bond acceptors (Lipinski definition) is 4. The molecule has 0 saturated carbocycles. The van der Waals surface area contributed by atoms with Crippen molar-refractivity contribution in [1.82, 2.24) is 0 Å². The maximum Gasteiger partial charge on any atom is 0.342 e. The topological polar surface area (TPSA) is 92.1 Å². The van der Waals surface area contributed by atoms with E-state index in [0.29, 0.717) is 11.1 Å².